The van der Waals surface area contributed by atoms with Gasteiger partial charge in [0.1, 0.15) is 11.5 Å². The zero-order valence-corrected chi connectivity index (χ0v) is 12.4. The van der Waals surface area contributed by atoms with E-state index in [-0.39, 0.29) is 24.4 Å². The second-order valence-electron chi connectivity index (χ2n) is 4.31. The van der Waals surface area contributed by atoms with Crippen molar-refractivity contribution in [2.24, 2.45) is 5.73 Å². The van der Waals surface area contributed by atoms with Crippen LogP contribution in [0.25, 0.3) is 0 Å². The summed E-state index contributed by atoms with van der Waals surface area (Å²) in [6.45, 7) is 5.46. The zero-order valence-electron chi connectivity index (χ0n) is 11.6. The Labute approximate surface area is 119 Å². The van der Waals surface area contributed by atoms with Crippen LogP contribution in [0.1, 0.15) is 20.8 Å². The molecule has 108 valence electrons. The van der Waals surface area contributed by atoms with Gasteiger partial charge in [-0.05, 0) is 32.9 Å². The molecule has 0 fully saturated rings. The summed E-state index contributed by atoms with van der Waals surface area (Å²) in [5.41, 5.74) is 6.08. The fourth-order valence-corrected chi connectivity index (χ4v) is 1.34. The Kier molecular flexibility index (Phi) is 7.26. The van der Waals surface area contributed by atoms with Crippen molar-refractivity contribution in [1.29, 1.82) is 0 Å². The van der Waals surface area contributed by atoms with Crippen LogP contribution in [0.3, 0.4) is 0 Å². The van der Waals surface area contributed by atoms with E-state index in [9.17, 15) is 4.79 Å². The monoisotopic (exact) mass is 288 g/mol. The van der Waals surface area contributed by atoms with Crippen LogP contribution in [0, 0.1) is 0 Å². The normalized spacial score (nSPS) is 11.5. The smallest absolute Gasteiger partial charge is 0.241 e. The van der Waals surface area contributed by atoms with E-state index in [0.29, 0.717) is 17.2 Å². The molecule has 19 heavy (non-hydrogen) atoms. The number of carbonyl (C=O) groups is 1. The second kappa shape index (κ2) is 7.86. The van der Waals surface area contributed by atoms with Gasteiger partial charge in [0.2, 0.25) is 5.91 Å². The van der Waals surface area contributed by atoms with Gasteiger partial charge < -0.3 is 20.5 Å². The van der Waals surface area contributed by atoms with Gasteiger partial charge in [0, 0.05) is 6.07 Å². The molecule has 0 aromatic heterocycles. The number of hydrogen-bond donors (Lipinski definition) is 2. The van der Waals surface area contributed by atoms with Crippen molar-refractivity contribution in [2.45, 2.75) is 32.9 Å². The minimum Gasteiger partial charge on any atom is -0.497 e. The summed E-state index contributed by atoms with van der Waals surface area (Å²) in [5.74, 6) is 0.975. The Morgan fingerprint density at radius 1 is 1.32 bits per heavy atom. The quantitative estimate of drug-likeness (QED) is 0.871. The SMILES string of the molecule is COc1ccc(OC(C)C)c(NC(=O)[C@H](C)N)c1.Cl. The molecule has 0 saturated heterocycles. The third-order valence-electron chi connectivity index (χ3n) is 2.22. The van der Waals surface area contributed by atoms with E-state index in [1.807, 2.05) is 13.8 Å². The van der Waals surface area contributed by atoms with Crippen molar-refractivity contribution in [1.82, 2.24) is 0 Å². The molecule has 1 rings (SSSR count). The molecule has 3 N–H and O–H groups in total. The molecule has 0 unspecified atom stereocenters. The van der Waals surface area contributed by atoms with E-state index in [1.54, 1.807) is 32.2 Å². The first kappa shape index (κ1) is 17.5. The Hall–Kier alpha value is -1.46. The molecule has 0 heterocycles. The summed E-state index contributed by atoms with van der Waals surface area (Å²) in [5, 5.41) is 2.72. The van der Waals surface area contributed by atoms with Crippen molar-refractivity contribution in [3.05, 3.63) is 18.2 Å². The van der Waals surface area contributed by atoms with E-state index in [0.717, 1.165) is 0 Å². The number of nitrogens with two attached hydrogens (primary N) is 1. The van der Waals surface area contributed by atoms with Gasteiger partial charge in [0.15, 0.2) is 0 Å². The number of halogens is 1. The molecule has 6 heteroatoms. The number of ether oxygens (including phenoxy) is 2. The number of anilines is 1. The highest BCUT2D eigenvalue weighted by Crippen LogP contribution is 2.30. The average Bonchev–Trinajstić information content (AvgIpc) is 2.30. The van der Waals surface area contributed by atoms with E-state index in [2.05, 4.69) is 5.32 Å². The largest absolute Gasteiger partial charge is 0.497 e. The van der Waals surface area contributed by atoms with E-state index in [1.165, 1.54) is 0 Å². The first-order valence-corrected chi connectivity index (χ1v) is 5.85. The van der Waals surface area contributed by atoms with Crippen LogP contribution in [-0.2, 0) is 4.79 Å². The van der Waals surface area contributed by atoms with Crippen LogP contribution in [0.4, 0.5) is 5.69 Å². The van der Waals surface area contributed by atoms with Gasteiger partial charge in [-0.25, -0.2) is 0 Å². The second-order valence-corrected chi connectivity index (χ2v) is 4.31. The highest BCUT2D eigenvalue weighted by Gasteiger charge is 2.13. The van der Waals surface area contributed by atoms with E-state index in [4.69, 9.17) is 15.2 Å². The molecule has 5 nitrogen and oxygen atoms in total. The van der Waals surface area contributed by atoms with Crippen LogP contribution in [0.2, 0.25) is 0 Å². The predicted octanol–water partition coefficient (Wildman–Crippen LogP) is 2.19. The van der Waals surface area contributed by atoms with Crippen molar-refractivity contribution >= 4 is 24.0 Å². The first-order valence-electron chi connectivity index (χ1n) is 5.85. The van der Waals surface area contributed by atoms with Crippen LogP contribution < -0.4 is 20.5 Å². The molecule has 0 spiro atoms. The predicted molar refractivity (Wildman–Crippen MR) is 78.3 cm³/mol. The minimum absolute atomic E-state index is 0. The Morgan fingerprint density at radius 3 is 2.42 bits per heavy atom. The number of amides is 1. The molecule has 1 aromatic carbocycles. The van der Waals surface area contributed by atoms with Gasteiger partial charge in [0.25, 0.3) is 0 Å². The first-order chi connectivity index (χ1) is 8.43. The molecular formula is C13H21ClN2O3. The number of nitrogens with one attached hydrogen (secondary N) is 1. The number of benzene rings is 1. The molecule has 1 aromatic rings. The third-order valence-corrected chi connectivity index (χ3v) is 2.22. The average molecular weight is 289 g/mol. The van der Waals surface area contributed by atoms with Crippen molar-refractivity contribution in [3.63, 3.8) is 0 Å². The molecule has 0 aliphatic rings. The highest BCUT2D eigenvalue weighted by atomic mass is 35.5. The molecule has 1 amide bonds. The fraction of sp³-hybridized carbons (Fsp3) is 0.462. The molecule has 0 radical (unpaired) electrons. The lowest BCUT2D eigenvalue weighted by Crippen LogP contribution is -2.32. The topological polar surface area (TPSA) is 73.6 Å². The molecule has 0 saturated carbocycles. The lowest BCUT2D eigenvalue weighted by Gasteiger charge is -2.16. The molecule has 0 aliphatic heterocycles. The zero-order chi connectivity index (χ0) is 13.7. The Bertz CT molecular complexity index is 422. The van der Waals surface area contributed by atoms with Crippen molar-refractivity contribution in [2.75, 3.05) is 12.4 Å². The van der Waals surface area contributed by atoms with Crippen LogP contribution in [0.5, 0.6) is 11.5 Å². The van der Waals surface area contributed by atoms with Crippen LogP contribution >= 0.6 is 12.4 Å². The van der Waals surface area contributed by atoms with Gasteiger partial charge in [-0.3, -0.25) is 4.79 Å². The lowest BCUT2D eigenvalue weighted by atomic mass is 10.2. The van der Waals surface area contributed by atoms with Crippen molar-refractivity contribution < 1.29 is 14.3 Å². The number of carbonyl (C=O) groups excluding carboxylic acids is 1. The van der Waals surface area contributed by atoms with Gasteiger partial charge in [-0.2, -0.15) is 0 Å². The molecule has 1 atom stereocenters. The van der Waals surface area contributed by atoms with Gasteiger partial charge in [-0.15, -0.1) is 12.4 Å². The van der Waals surface area contributed by atoms with Gasteiger partial charge in [-0.1, -0.05) is 0 Å². The summed E-state index contributed by atoms with van der Waals surface area (Å²) in [6, 6.07) is 4.66. The Balaban J connectivity index is 0.00000324. The maximum atomic E-state index is 11.6. The summed E-state index contributed by atoms with van der Waals surface area (Å²) in [4.78, 5) is 11.6. The maximum Gasteiger partial charge on any atom is 0.241 e. The molecular weight excluding hydrogens is 268 g/mol. The van der Waals surface area contributed by atoms with Crippen LogP contribution in [-0.4, -0.2) is 25.2 Å². The highest BCUT2D eigenvalue weighted by molar-refractivity contribution is 5.95. The summed E-state index contributed by atoms with van der Waals surface area (Å²) in [7, 11) is 1.56. The third kappa shape index (κ3) is 5.36. The Morgan fingerprint density at radius 2 is 1.95 bits per heavy atom. The fourth-order valence-electron chi connectivity index (χ4n) is 1.34. The van der Waals surface area contributed by atoms with E-state index < -0.39 is 6.04 Å². The number of methoxy groups -OCH3 is 1. The number of hydrogen-bond acceptors (Lipinski definition) is 4. The summed E-state index contributed by atoms with van der Waals surface area (Å²) < 4.78 is 10.7. The number of rotatable bonds is 5. The van der Waals surface area contributed by atoms with Crippen LogP contribution in [0.15, 0.2) is 18.2 Å². The standard InChI is InChI=1S/C13H20N2O3.ClH/c1-8(2)18-12-6-5-10(17-4)7-11(12)15-13(16)9(3)14;/h5-9H,14H2,1-4H3,(H,15,16);1H/t9-;/m0./s1. The van der Waals surface area contributed by atoms with Gasteiger partial charge >= 0.3 is 0 Å². The maximum absolute atomic E-state index is 11.6. The van der Waals surface area contributed by atoms with Gasteiger partial charge in [0.05, 0.1) is 24.9 Å². The summed E-state index contributed by atoms with van der Waals surface area (Å²) >= 11 is 0. The molecule has 0 bridgehead atoms. The van der Waals surface area contributed by atoms with Crippen molar-refractivity contribution in [3.8, 4) is 11.5 Å². The minimum atomic E-state index is -0.580. The van der Waals surface area contributed by atoms with E-state index >= 15 is 0 Å². The lowest BCUT2D eigenvalue weighted by molar-refractivity contribution is -0.117. The molecule has 0 aliphatic carbocycles. The summed E-state index contributed by atoms with van der Waals surface area (Å²) in [6.07, 6.45) is 0.0179.